The number of carbonyl (C=O) groups is 2. The molecule has 0 saturated carbocycles. The van der Waals surface area contributed by atoms with Gasteiger partial charge < -0.3 is 9.84 Å². The van der Waals surface area contributed by atoms with Crippen molar-refractivity contribution in [3.05, 3.63) is 35.9 Å². The first-order valence-electron chi connectivity index (χ1n) is 4.92. The largest absolute Gasteiger partial charge is 0.481 e. The molecule has 0 bridgehead atoms. The zero-order valence-electron chi connectivity index (χ0n) is 9.47. The predicted molar refractivity (Wildman–Crippen MR) is 60.1 cm³/mol. The molecule has 0 aromatic heterocycles. The molecule has 0 fully saturated rings. The van der Waals surface area contributed by atoms with Crippen LogP contribution < -0.4 is 0 Å². The van der Waals surface area contributed by atoms with Crippen LogP contribution in [-0.2, 0) is 20.7 Å². The molecule has 0 radical (unpaired) electrons. The van der Waals surface area contributed by atoms with Crippen LogP contribution in [0.15, 0.2) is 30.3 Å². The molecule has 1 aromatic rings. The average Bonchev–Trinajstić information content (AvgIpc) is 2.29. The van der Waals surface area contributed by atoms with E-state index in [9.17, 15) is 9.59 Å². The molecule has 0 aliphatic rings. The van der Waals surface area contributed by atoms with Gasteiger partial charge in [-0.3, -0.25) is 9.59 Å². The molecule has 88 valence electrons. The van der Waals surface area contributed by atoms with Gasteiger partial charge in [0.05, 0.1) is 13.5 Å². The number of carboxylic acid groups (broad SMARTS) is 1. The number of hydrogen-bond donors (Lipinski definition) is 1. The van der Waals surface area contributed by atoms with E-state index in [1.165, 1.54) is 7.11 Å². The molecule has 4 heteroatoms. The van der Waals surface area contributed by atoms with E-state index >= 15 is 0 Å². The summed E-state index contributed by atoms with van der Waals surface area (Å²) < 4.78 is 4.26. The first-order valence-corrected chi connectivity index (χ1v) is 4.92. The Balaban J connectivity index is 0.000000325. The SMILES string of the molecule is CCC(=O)OC.O=C(O)Cc1ccccc1. The zero-order valence-corrected chi connectivity index (χ0v) is 9.47. The fourth-order valence-corrected chi connectivity index (χ4v) is 0.915. The third-order valence-electron chi connectivity index (χ3n) is 1.71. The maximum atomic E-state index is 10.2. The van der Waals surface area contributed by atoms with Gasteiger partial charge in [-0.2, -0.15) is 0 Å². The van der Waals surface area contributed by atoms with Gasteiger partial charge in [0.25, 0.3) is 0 Å². The minimum absolute atomic E-state index is 0.112. The Morgan fingerprint density at radius 2 is 1.81 bits per heavy atom. The van der Waals surface area contributed by atoms with Gasteiger partial charge in [0, 0.05) is 6.42 Å². The van der Waals surface area contributed by atoms with Crippen LogP contribution in [0.1, 0.15) is 18.9 Å². The number of hydrogen-bond acceptors (Lipinski definition) is 3. The van der Waals surface area contributed by atoms with Gasteiger partial charge in [-0.05, 0) is 5.56 Å². The summed E-state index contributed by atoms with van der Waals surface area (Å²) in [6, 6.07) is 9.13. The minimum Gasteiger partial charge on any atom is -0.481 e. The zero-order chi connectivity index (χ0) is 12.4. The second-order valence-electron chi connectivity index (χ2n) is 2.99. The molecule has 0 amide bonds. The maximum absolute atomic E-state index is 10.2. The normalized spacial score (nSPS) is 8.62. The van der Waals surface area contributed by atoms with Crippen molar-refractivity contribution < 1.29 is 19.4 Å². The Bertz CT molecular complexity index is 313. The third-order valence-corrected chi connectivity index (χ3v) is 1.71. The summed E-state index contributed by atoms with van der Waals surface area (Å²) in [4.78, 5) is 20.1. The highest BCUT2D eigenvalue weighted by Gasteiger charge is 1.96. The second kappa shape index (κ2) is 8.47. The van der Waals surface area contributed by atoms with Crippen LogP contribution in [0.2, 0.25) is 0 Å². The van der Waals surface area contributed by atoms with Crippen molar-refractivity contribution in [2.45, 2.75) is 19.8 Å². The Labute approximate surface area is 94.9 Å². The number of benzene rings is 1. The summed E-state index contributed by atoms with van der Waals surface area (Å²) in [5.41, 5.74) is 0.843. The second-order valence-corrected chi connectivity index (χ2v) is 2.99. The van der Waals surface area contributed by atoms with E-state index in [0.29, 0.717) is 6.42 Å². The molecule has 0 aliphatic heterocycles. The molecule has 0 heterocycles. The number of carbonyl (C=O) groups excluding carboxylic acids is 1. The molecule has 0 spiro atoms. The van der Waals surface area contributed by atoms with E-state index in [0.717, 1.165) is 5.56 Å². The Morgan fingerprint density at radius 1 is 1.25 bits per heavy atom. The van der Waals surface area contributed by atoms with E-state index in [-0.39, 0.29) is 12.4 Å². The van der Waals surface area contributed by atoms with Crippen LogP contribution in [0.4, 0.5) is 0 Å². The molecule has 4 nitrogen and oxygen atoms in total. The fraction of sp³-hybridized carbons (Fsp3) is 0.333. The van der Waals surface area contributed by atoms with Gasteiger partial charge >= 0.3 is 11.9 Å². The third kappa shape index (κ3) is 7.55. The standard InChI is InChI=1S/C8H8O2.C4H8O2/c9-8(10)6-7-4-2-1-3-5-7;1-3-4(5)6-2/h1-5H,6H2,(H,9,10);3H2,1-2H3. The van der Waals surface area contributed by atoms with E-state index in [1.54, 1.807) is 19.1 Å². The lowest BCUT2D eigenvalue weighted by Crippen LogP contribution is -1.98. The minimum atomic E-state index is -0.786. The molecule has 1 aromatic carbocycles. The van der Waals surface area contributed by atoms with Crippen LogP contribution in [0, 0.1) is 0 Å². The van der Waals surface area contributed by atoms with Gasteiger partial charge in [0.1, 0.15) is 0 Å². The highest BCUT2D eigenvalue weighted by Crippen LogP contribution is 1.98. The molecule has 0 atom stereocenters. The highest BCUT2D eigenvalue weighted by atomic mass is 16.5. The summed E-state index contributed by atoms with van der Waals surface area (Å²) in [6.07, 6.45) is 0.581. The van der Waals surface area contributed by atoms with Crippen LogP contribution in [-0.4, -0.2) is 24.2 Å². The Hall–Kier alpha value is -1.84. The average molecular weight is 224 g/mol. The Kier molecular flexibility index (Phi) is 7.49. The summed E-state index contributed by atoms with van der Waals surface area (Å²) in [6.45, 7) is 1.76. The quantitative estimate of drug-likeness (QED) is 0.796. The number of carboxylic acids is 1. The number of ether oxygens (including phenoxy) is 1. The lowest BCUT2D eigenvalue weighted by atomic mass is 10.2. The number of methoxy groups -OCH3 is 1. The summed E-state index contributed by atoms with van der Waals surface area (Å²) in [7, 11) is 1.38. The van der Waals surface area contributed by atoms with E-state index in [1.807, 2.05) is 18.2 Å². The van der Waals surface area contributed by atoms with Gasteiger partial charge in [0.2, 0.25) is 0 Å². The van der Waals surface area contributed by atoms with Crippen molar-refractivity contribution in [2.75, 3.05) is 7.11 Å². The molecule has 0 aliphatic carbocycles. The molecular weight excluding hydrogens is 208 g/mol. The first-order chi connectivity index (χ1) is 7.60. The van der Waals surface area contributed by atoms with Gasteiger partial charge in [-0.25, -0.2) is 0 Å². The van der Waals surface area contributed by atoms with E-state index in [4.69, 9.17) is 5.11 Å². The predicted octanol–water partition coefficient (Wildman–Crippen LogP) is 1.88. The van der Waals surface area contributed by atoms with E-state index < -0.39 is 5.97 Å². The molecule has 1 rings (SSSR count). The van der Waals surface area contributed by atoms with Crippen molar-refractivity contribution in [1.82, 2.24) is 0 Å². The molecule has 0 saturated heterocycles. The topological polar surface area (TPSA) is 63.6 Å². The fourth-order valence-electron chi connectivity index (χ4n) is 0.915. The van der Waals surface area contributed by atoms with Gasteiger partial charge in [-0.15, -0.1) is 0 Å². The Morgan fingerprint density at radius 3 is 2.12 bits per heavy atom. The lowest BCUT2D eigenvalue weighted by molar-refractivity contribution is -0.140. The van der Waals surface area contributed by atoms with Crippen LogP contribution in [0.5, 0.6) is 0 Å². The van der Waals surface area contributed by atoms with Crippen LogP contribution >= 0.6 is 0 Å². The van der Waals surface area contributed by atoms with Crippen molar-refractivity contribution in [3.8, 4) is 0 Å². The first kappa shape index (κ1) is 14.2. The number of esters is 1. The van der Waals surface area contributed by atoms with E-state index in [2.05, 4.69) is 4.74 Å². The van der Waals surface area contributed by atoms with Gasteiger partial charge in [0.15, 0.2) is 0 Å². The molecule has 16 heavy (non-hydrogen) atoms. The highest BCUT2D eigenvalue weighted by molar-refractivity contribution is 5.70. The van der Waals surface area contributed by atoms with Crippen molar-refractivity contribution in [1.29, 1.82) is 0 Å². The lowest BCUT2D eigenvalue weighted by Gasteiger charge is -1.92. The molecular formula is C12H16O4. The van der Waals surface area contributed by atoms with Crippen molar-refractivity contribution in [3.63, 3.8) is 0 Å². The van der Waals surface area contributed by atoms with Gasteiger partial charge in [-0.1, -0.05) is 37.3 Å². The molecule has 0 unspecified atom stereocenters. The smallest absolute Gasteiger partial charge is 0.307 e. The maximum Gasteiger partial charge on any atom is 0.307 e. The number of aliphatic carboxylic acids is 1. The van der Waals surface area contributed by atoms with Crippen molar-refractivity contribution >= 4 is 11.9 Å². The summed E-state index contributed by atoms with van der Waals surface area (Å²) in [5, 5.41) is 8.37. The van der Waals surface area contributed by atoms with Crippen LogP contribution in [0.25, 0.3) is 0 Å². The van der Waals surface area contributed by atoms with Crippen LogP contribution in [0.3, 0.4) is 0 Å². The summed E-state index contributed by atoms with van der Waals surface area (Å²) in [5.74, 6) is -0.943. The number of rotatable bonds is 3. The molecule has 1 N–H and O–H groups in total. The summed E-state index contributed by atoms with van der Waals surface area (Å²) >= 11 is 0. The van der Waals surface area contributed by atoms with Crippen molar-refractivity contribution in [2.24, 2.45) is 0 Å². The monoisotopic (exact) mass is 224 g/mol.